The zero-order valence-corrected chi connectivity index (χ0v) is 7.89. The lowest BCUT2D eigenvalue weighted by molar-refractivity contribution is 0.187. The normalized spacial score (nSPS) is 21.9. The summed E-state index contributed by atoms with van der Waals surface area (Å²) >= 11 is 0. The molecule has 1 aromatic carbocycles. The summed E-state index contributed by atoms with van der Waals surface area (Å²) in [7, 11) is 0. The molecule has 0 bridgehead atoms. The highest BCUT2D eigenvalue weighted by atomic mass is 16.5. The molecule has 1 saturated heterocycles. The Balaban J connectivity index is 2.11. The third-order valence-electron chi connectivity index (χ3n) is 2.78. The van der Waals surface area contributed by atoms with Crippen LogP contribution in [-0.4, -0.2) is 22.8 Å². The minimum atomic E-state index is 0.474. The molecule has 1 fully saturated rings. The first kappa shape index (κ1) is 8.00. The van der Waals surface area contributed by atoms with Crippen molar-refractivity contribution in [3.63, 3.8) is 0 Å². The summed E-state index contributed by atoms with van der Waals surface area (Å²) < 4.78 is 7.61. The molecule has 1 aromatic heterocycles. The Labute approximate surface area is 82.3 Å². The van der Waals surface area contributed by atoms with Gasteiger partial charge in [0.05, 0.1) is 30.0 Å². The lowest BCUT2D eigenvalue weighted by atomic mass is 10.2. The van der Waals surface area contributed by atoms with Crippen LogP contribution >= 0.6 is 0 Å². The van der Waals surface area contributed by atoms with Gasteiger partial charge in [0.25, 0.3) is 0 Å². The van der Waals surface area contributed by atoms with E-state index in [2.05, 4.69) is 21.7 Å². The third kappa shape index (κ3) is 1.13. The predicted molar refractivity (Wildman–Crippen MR) is 54.2 cm³/mol. The van der Waals surface area contributed by atoms with E-state index in [4.69, 9.17) is 4.74 Å². The molecule has 0 aliphatic carbocycles. The van der Waals surface area contributed by atoms with Gasteiger partial charge in [-0.05, 0) is 18.6 Å². The molecule has 1 atom stereocenters. The molecular weight excluding hydrogens is 176 g/mol. The fourth-order valence-electron chi connectivity index (χ4n) is 2.01. The number of aromatic nitrogens is 2. The number of hydrogen-bond donors (Lipinski definition) is 0. The highest BCUT2D eigenvalue weighted by Crippen LogP contribution is 2.23. The lowest BCUT2D eigenvalue weighted by Gasteiger charge is -2.09. The maximum Gasteiger partial charge on any atom is 0.0961 e. The van der Waals surface area contributed by atoms with Crippen LogP contribution in [0.2, 0.25) is 0 Å². The van der Waals surface area contributed by atoms with Crippen molar-refractivity contribution < 1.29 is 4.74 Å². The summed E-state index contributed by atoms with van der Waals surface area (Å²) in [6.07, 6.45) is 3.02. The first-order valence-corrected chi connectivity index (χ1v) is 4.94. The highest BCUT2D eigenvalue weighted by molar-refractivity contribution is 5.75. The number of benzene rings is 1. The quantitative estimate of drug-likeness (QED) is 0.684. The fraction of sp³-hybridized carbons (Fsp3) is 0.364. The van der Waals surface area contributed by atoms with E-state index in [9.17, 15) is 0 Å². The van der Waals surface area contributed by atoms with Gasteiger partial charge < -0.3 is 9.30 Å². The number of rotatable bonds is 1. The molecule has 3 rings (SSSR count). The Hall–Kier alpha value is -1.35. The molecule has 0 N–H and O–H groups in total. The van der Waals surface area contributed by atoms with Crippen LogP contribution in [0, 0.1) is 0 Å². The molecule has 2 heterocycles. The van der Waals surface area contributed by atoms with Gasteiger partial charge in [0.1, 0.15) is 0 Å². The molecule has 0 radical (unpaired) electrons. The van der Waals surface area contributed by atoms with Crippen molar-refractivity contribution >= 4 is 11.0 Å². The van der Waals surface area contributed by atoms with Crippen molar-refractivity contribution in [3.8, 4) is 0 Å². The van der Waals surface area contributed by atoms with E-state index in [0.717, 1.165) is 25.2 Å². The number of para-hydroxylation sites is 2. The molecule has 0 amide bonds. The van der Waals surface area contributed by atoms with E-state index >= 15 is 0 Å². The molecule has 2 aromatic rings. The second-order valence-corrected chi connectivity index (χ2v) is 3.66. The van der Waals surface area contributed by atoms with E-state index in [0.29, 0.717) is 6.04 Å². The van der Waals surface area contributed by atoms with Crippen LogP contribution in [-0.2, 0) is 4.74 Å². The van der Waals surface area contributed by atoms with Crippen LogP contribution in [0.3, 0.4) is 0 Å². The number of fused-ring (bicyclic) bond motifs is 1. The number of imidazole rings is 1. The van der Waals surface area contributed by atoms with Crippen molar-refractivity contribution in [2.75, 3.05) is 13.2 Å². The summed E-state index contributed by atoms with van der Waals surface area (Å²) in [6.45, 7) is 1.69. The van der Waals surface area contributed by atoms with Crippen LogP contribution < -0.4 is 0 Å². The summed E-state index contributed by atoms with van der Waals surface area (Å²) in [4.78, 5) is 4.37. The van der Waals surface area contributed by atoms with Gasteiger partial charge in [0, 0.05) is 6.61 Å². The van der Waals surface area contributed by atoms with Gasteiger partial charge in [0.2, 0.25) is 0 Å². The van der Waals surface area contributed by atoms with E-state index in [1.807, 2.05) is 18.5 Å². The van der Waals surface area contributed by atoms with Gasteiger partial charge in [-0.2, -0.15) is 0 Å². The Morgan fingerprint density at radius 1 is 1.36 bits per heavy atom. The van der Waals surface area contributed by atoms with Gasteiger partial charge in [-0.3, -0.25) is 0 Å². The SMILES string of the molecule is c1ccc2c(c1)ncn2C1CCOC1. The van der Waals surface area contributed by atoms with Crippen LogP contribution in [0.1, 0.15) is 12.5 Å². The topological polar surface area (TPSA) is 27.1 Å². The number of hydrogen-bond acceptors (Lipinski definition) is 2. The fourth-order valence-corrected chi connectivity index (χ4v) is 2.01. The van der Waals surface area contributed by atoms with E-state index < -0.39 is 0 Å². The smallest absolute Gasteiger partial charge is 0.0961 e. The Morgan fingerprint density at radius 2 is 2.29 bits per heavy atom. The minimum Gasteiger partial charge on any atom is -0.379 e. The van der Waals surface area contributed by atoms with Crippen LogP contribution in [0.15, 0.2) is 30.6 Å². The van der Waals surface area contributed by atoms with Crippen molar-refractivity contribution in [2.45, 2.75) is 12.5 Å². The van der Waals surface area contributed by atoms with Crippen LogP contribution in [0.5, 0.6) is 0 Å². The monoisotopic (exact) mass is 188 g/mol. The number of ether oxygens (including phenoxy) is 1. The van der Waals surface area contributed by atoms with Gasteiger partial charge >= 0.3 is 0 Å². The van der Waals surface area contributed by atoms with Gasteiger partial charge in [-0.25, -0.2) is 4.98 Å². The Morgan fingerprint density at radius 3 is 3.14 bits per heavy atom. The van der Waals surface area contributed by atoms with Crippen LogP contribution in [0.4, 0.5) is 0 Å². The minimum absolute atomic E-state index is 0.474. The molecule has 3 nitrogen and oxygen atoms in total. The molecule has 3 heteroatoms. The molecule has 1 unspecified atom stereocenters. The van der Waals surface area contributed by atoms with E-state index in [1.54, 1.807) is 0 Å². The second-order valence-electron chi connectivity index (χ2n) is 3.66. The lowest BCUT2D eigenvalue weighted by Crippen LogP contribution is -2.06. The molecule has 1 aliphatic heterocycles. The van der Waals surface area contributed by atoms with Crippen molar-refractivity contribution in [1.82, 2.24) is 9.55 Å². The Kier molecular flexibility index (Phi) is 1.77. The van der Waals surface area contributed by atoms with Crippen molar-refractivity contribution in [3.05, 3.63) is 30.6 Å². The zero-order valence-electron chi connectivity index (χ0n) is 7.89. The molecule has 0 spiro atoms. The molecule has 0 saturated carbocycles. The Bertz CT molecular complexity index is 443. The highest BCUT2D eigenvalue weighted by Gasteiger charge is 2.18. The van der Waals surface area contributed by atoms with Crippen molar-refractivity contribution in [2.24, 2.45) is 0 Å². The molecular formula is C11H12N2O. The van der Waals surface area contributed by atoms with E-state index in [-0.39, 0.29) is 0 Å². The van der Waals surface area contributed by atoms with Crippen LogP contribution in [0.25, 0.3) is 11.0 Å². The summed E-state index contributed by atoms with van der Waals surface area (Å²) in [6, 6.07) is 8.70. The number of nitrogens with zero attached hydrogens (tertiary/aromatic N) is 2. The van der Waals surface area contributed by atoms with Gasteiger partial charge in [0.15, 0.2) is 0 Å². The zero-order chi connectivity index (χ0) is 9.38. The molecule has 14 heavy (non-hydrogen) atoms. The van der Waals surface area contributed by atoms with Gasteiger partial charge in [-0.15, -0.1) is 0 Å². The summed E-state index contributed by atoms with van der Waals surface area (Å²) in [5.74, 6) is 0. The maximum absolute atomic E-state index is 5.38. The summed E-state index contributed by atoms with van der Waals surface area (Å²) in [5.41, 5.74) is 2.28. The first-order chi connectivity index (χ1) is 6.95. The first-order valence-electron chi connectivity index (χ1n) is 4.94. The maximum atomic E-state index is 5.38. The largest absolute Gasteiger partial charge is 0.379 e. The third-order valence-corrected chi connectivity index (χ3v) is 2.78. The second kappa shape index (κ2) is 3.10. The standard InChI is InChI=1S/C11H12N2O/c1-2-4-11-10(3-1)12-8-13(11)9-5-6-14-7-9/h1-4,8-9H,5-7H2. The van der Waals surface area contributed by atoms with Crippen molar-refractivity contribution in [1.29, 1.82) is 0 Å². The molecule has 1 aliphatic rings. The van der Waals surface area contributed by atoms with Gasteiger partial charge in [-0.1, -0.05) is 12.1 Å². The average Bonchev–Trinajstić information content (AvgIpc) is 2.85. The average molecular weight is 188 g/mol. The molecule has 72 valence electrons. The summed E-state index contributed by atoms with van der Waals surface area (Å²) in [5, 5.41) is 0. The van der Waals surface area contributed by atoms with E-state index in [1.165, 1.54) is 5.52 Å². The predicted octanol–water partition coefficient (Wildman–Crippen LogP) is 2.00.